The molecule has 0 bridgehead atoms. The van der Waals surface area contributed by atoms with Crippen LogP contribution in [0, 0.1) is 11.2 Å². The largest absolute Gasteiger partial charge is 0.338 e. The van der Waals surface area contributed by atoms with E-state index in [0.717, 1.165) is 6.42 Å². The summed E-state index contributed by atoms with van der Waals surface area (Å²) in [6.45, 7) is 5.21. The third kappa shape index (κ3) is 2.98. The SMILES string of the molecule is CC1(C)CN(C(=O)c2cc(Br)ccc2F)CCC1N. The third-order valence-corrected chi connectivity index (χ3v) is 4.25. The third-order valence-electron chi connectivity index (χ3n) is 3.76. The molecule has 2 N–H and O–H groups in total. The van der Waals surface area contributed by atoms with Crippen LogP contribution in [0.1, 0.15) is 30.6 Å². The number of halogens is 2. The van der Waals surface area contributed by atoms with E-state index in [4.69, 9.17) is 5.73 Å². The lowest BCUT2D eigenvalue weighted by Gasteiger charge is -2.42. The Balaban J connectivity index is 2.23. The molecule has 104 valence electrons. The van der Waals surface area contributed by atoms with Crippen LogP contribution < -0.4 is 5.73 Å². The van der Waals surface area contributed by atoms with E-state index in [1.165, 1.54) is 12.1 Å². The Morgan fingerprint density at radius 2 is 2.21 bits per heavy atom. The van der Waals surface area contributed by atoms with Crippen molar-refractivity contribution in [3.05, 3.63) is 34.1 Å². The highest BCUT2D eigenvalue weighted by Crippen LogP contribution is 2.29. The number of nitrogens with two attached hydrogens (primary N) is 1. The number of likely N-dealkylation sites (tertiary alicyclic amines) is 1. The summed E-state index contributed by atoms with van der Waals surface area (Å²) in [5.74, 6) is -0.750. The van der Waals surface area contributed by atoms with Crippen molar-refractivity contribution < 1.29 is 9.18 Å². The summed E-state index contributed by atoms with van der Waals surface area (Å²) < 4.78 is 14.5. The molecule has 1 aromatic rings. The summed E-state index contributed by atoms with van der Waals surface area (Å²) in [7, 11) is 0. The molecule has 0 aliphatic carbocycles. The summed E-state index contributed by atoms with van der Waals surface area (Å²) in [6.07, 6.45) is 0.744. The maximum atomic E-state index is 13.8. The number of hydrogen-bond acceptors (Lipinski definition) is 2. The lowest BCUT2D eigenvalue weighted by atomic mass is 9.79. The molecule has 5 heteroatoms. The molecule has 1 aromatic carbocycles. The summed E-state index contributed by atoms with van der Waals surface area (Å²) in [6, 6.07) is 4.49. The predicted molar refractivity (Wildman–Crippen MR) is 76.4 cm³/mol. The fourth-order valence-corrected chi connectivity index (χ4v) is 2.74. The van der Waals surface area contributed by atoms with Crippen LogP contribution in [-0.2, 0) is 0 Å². The van der Waals surface area contributed by atoms with E-state index in [1.54, 1.807) is 11.0 Å². The minimum absolute atomic E-state index is 0.0731. The van der Waals surface area contributed by atoms with E-state index in [-0.39, 0.29) is 22.9 Å². The van der Waals surface area contributed by atoms with Crippen molar-refractivity contribution in [1.29, 1.82) is 0 Å². The molecule has 3 nitrogen and oxygen atoms in total. The van der Waals surface area contributed by atoms with Gasteiger partial charge in [-0.05, 0) is 30.0 Å². The van der Waals surface area contributed by atoms with E-state index in [9.17, 15) is 9.18 Å². The van der Waals surface area contributed by atoms with Crippen molar-refractivity contribution >= 4 is 21.8 Å². The second-order valence-corrected chi connectivity index (χ2v) is 6.65. The van der Waals surface area contributed by atoms with Crippen LogP contribution in [0.25, 0.3) is 0 Å². The van der Waals surface area contributed by atoms with Gasteiger partial charge in [0, 0.05) is 23.6 Å². The van der Waals surface area contributed by atoms with Crippen molar-refractivity contribution in [3.8, 4) is 0 Å². The van der Waals surface area contributed by atoms with Gasteiger partial charge in [-0.25, -0.2) is 4.39 Å². The Labute approximate surface area is 121 Å². The molecule has 2 rings (SSSR count). The predicted octanol–water partition coefficient (Wildman–Crippen LogP) is 2.79. The minimum Gasteiger partial charge on any atom is -0.338 e. The number of benzene rings is 1. The molecule has 1 heterocycles. The van der Waals surface area contributed by atoms with E-state index >= 15 is 0 Å². The summed E-state index contributed by atoms with van der Waals surface area (Å²) in [5.41, 5.74) is 6.02. The van der Waals surface area contributed by atoms with Gasteiger partial charge in [0.2, 0.25) is 0 Å². The highest BCUT2D eigenvalue weighted by atomic mass is 79.9. The summed E-state index contributed by atoms with van der Waals surface area (Å²) in [5, 5.41) is 0. The van der Waals surface area contributed by atoms with Gasteiger partial charge < -0.3 is 10.6 Å². The molecule has 1 amide bonds. The molecule has 19 heavy (non-hydrogen) atoms. The maximum Gasteiger partial charge on any atom is 0.256 e. The molecule has 1 fully saturated rings. The monoisotopic (exact) mass is 328 g/mol. The zero-order valence-electron chi connectivity index (χ0n) is 11.1. The van der Waals surface area contributed by atoms with Gasteiger partial charge in [-0.3, -0.25) is 4.79 Å². The normalized spacial score (nSPS) is 22.4. The Kier molecular flexibility index (Phi) is 3.97. The zero-order chi connectivity index (χ0) is 14.2. The van der Waals surface area contributed by atoms with Crippen molar-refractivity contribution in [2.24, 2.45) is 11.1 Å². The Morgan fingerprint density at radius 1 is 1.53 bits per heavy atom. The number of nitrogens with zero attached hydrogens (tertiary/aromatic N) is 1. The number of piperidine rings is 1. The number of rotatable bonds is 1. The van der Waals surface area contributed by atoms with Gasteiger partial charge in [0.25, 0.3) is 5.91 Å². The molecular formula is C14H18BrFN2O. The number of carbonyl (C=O) groups excluding carboxylic acids is 1. The number of amides is 1. The maximum absolute atomic E-state index is 13.8. The van der Waals surface area contributed by atoms with Crippen molar-refractivity contribution in [2.45, 2.75) is 26.3 Å². The fraction of sp³-hybridized carbons (Fsp3) is 0.500. The molecule has 0 spiro atoms. The van der Waals surface area contributed by atoms with Crippen molar-refractivity contribution in [1.82, 2.24) is 4.90 Å². The van der Waals surface area contributed by atoms with Crippen molar-refractivity contribution in [2.75, 3.05) is 13.1 Å². The Morgan fingerprint density at radius 3 is 2.84 bits per heavy atom. The van der Waals surface area contributed by atoms with E-state index < -0.39 is 5.82 Å². The molecule has 0 radical (unpaired) electrons. The smallest absolute Gasteiger partial charge is 0.256 e. The summed E-state index contributed by atoms with van der Waals surface area (Å²) >= 11 is 3.26. The van der Waals surface area contributed by atoms with E-state index in [1.807, 2.05) is 13.8 Å². The molecule has 1 aliphatic rings. The van der Waals surface area contributed by atoms with Gasteiger partial charge in [0.15, 0.2) is 0 Å². The minimum atomic E-state index is -0.485. The molecule has 0 saturated carbocycles. The van der Waals surface area contributed by atoms with Crippen LogP contribution in [0.5, 0.6) is 0 Å². The Bertz CT molecular complexity index is 504. The van der Waals surface area contributed by atoms with Crippen LogP contribution in [-0.4, -0.2) is 29.9 Å². The average Bonchev–Trinajstić information content (AvgIpc) is 2.35. The van der Waals surface area contributed by atoms with Gasteiger partial charge in [-0.2, -0.15) is 0 Å². The zero-order valence-corrected chi connectivity index (χ0v) is 12.7. The first-order chi connectivity index (χ1) is 8.81. The topological polar surface area (TPSA) is 46.3 Å². The Hall–Kier alpha value is -0.940. The first-order valence-electron chi connectivity index (χ1n) is 6.31. The lowest BCUT2D eigenvalue weighted by Crippen LogP contribution is -2.54. The van der Waals surface area contributed by atoms with Gasteiger partial charge in [-0.15, -0.1) is 0 Å². The second kappa shape index (κ2) is 5.21. The summed E-state index contributed by atoms with van der Waals surface area (Å²) in [4.78, 5) is 14.1. The molecule has 1 unspecified atom stereocenters. The highest BCUT2D eigenvalue weighted by molar-refractivity contribution is 9.10. The molecule has 1 aliphatic heterocycles. The van der Waals surface area contributed by atoms with E-state index in [0.29, 0.717) is 17.6 Å². The van der Waals surface area contributed by atoms with Gasteiger partial charge >= 0.3 is 0 Å². The van der Waals surface area contributed by atoms with Crippen molar-refractivity contribution in [3.63, 3.8) is 0 Å². The van der Waals surface area contributed by atoms with E-state index in [2.05, 4.69) is 15.9 Å². The molecule has 1 atom stereocenters. The highest BCUT2D eigenvalue weighted by Gasteiger charge is 2.36. The first kappa shape index (κ1) is 14.5. The van der Waals surface area contributed by atoms with Crippen LogP contribution in [0.4, 0.5) is 4.39 Å². The van der Waals surface area contributed by atoms with Crippen LogP contribution in [0.3, 0.4) is 0 Å². The molecular weight excluding hydrogens is 311 g/mol. The second-order valence-electron chi connectivity index (χ2n) is 5.73. The van der Waals surface area contributed by atoms with Crippen LogP contribution in [0.2, 0.25) is 0 Å². The van der Waals surface area contributed by atoms with Crippen LogP contribution in [0.15, 0.2) is 22.7 Å². The average molecular weight is 329 g/mol. The van der Waals surface area contributed by atoms with Gasteiger partial charge in [0.1, 0.15) is 5.82 Å². The standard InChI is InChI=1S/C14H18BrFN2O/c1-14(2)8-18(6-5-12(14)17)13(19)10-7-9(15)3-4-11(10)16/h3-4,7,12H,5-6,8,17H2,1-2H3. The fourth-order valence-electron chi connectivity index (χ4n) is 2.38. The molecule has 0 aromatic heterocycles. The quantitative estimate of drug-likeness (QED) is 0.861. The molecule has 1 saturated heterocycles. The van der Waals surface area contributed by atoms with Gasteiger partial charge in [0.05, 0.1) is 5.56 Å². The number of carbonyl (C=O) groups is 1. The van der Waals surface area contributed by atoms with Gasteiger partial charge in [-0.1, -0.05) is 29.8 Å². The number of hydrogen-bond donors (Lipinski definition) is 1. The lowest BCUT2D eigenvalue weighted by molar-refractivity contribution is 0.0528. The van der Waals surface area contributed by atoms with Crippen LogP contribution >= 0.6 is 15.9 Å². The first-order valence-corrected chi connectivity index (χ1v) is 7.10.